The van der Waals surface area contributed by atoms with Gasteiger partial charge in [-0.1, -0.05) is 0 Å². The van der Waals surface area contributed by atoms with Crippen molar-refractivity contribution in [1.29, 1.82) is 0 Å². The molecule has 0 aromatic rings. The summed E-state index contributed by atoms with van der Waals surface area (Å²) in [5.41, 5.74) is 0. The molecule has 0 amide bonds. The molecule has 1 unspecified atom stereocenters. The van der Waals surface area contributed by atoms with Crippen molar-refractivity contribution in [2.75, 3.05) is 5.75 Å². The van der Waals surface area contributed by atoms with Crippen molar-refractivity contribution in [3.05, 3.63) is 6.92 Å². The first kappa shape index (κ1) is 14.9. The van der Waals surface area contributed by atoms with Crippen LogP contribution in [0.2, 0.25) is 0 Å². The van der Waals surface area contributed by atoms with Crippen LogP contribution < -0.4 is 0 Å². The maximum Gasteiger partial charge on any atom is 2.00 e. The normalized spacial score (nSPS) is 13.3. The van der Waals surface area contributed by atoms with E-state index in [1.54, 1.807) is 0 Å². The summed E-state index contributed by atoms with van der Waals surface area (Å²) in [7, 11) is 0. The Kier molecular flexibility index (Phi) is 7.41. The summed E-state index contributed by atoms with van der Waals surface area (Å²) in [4.78, 5) is 10.2. The van der Waals surface area contributed by atoms with Crippen molar-refractivity contribution < 1.29 is 41.1 Å². The van der Waals surface area contributed by atoms with E-state index >= 15 is 0 Å². The van der Waals surface area contributed by atoms with Crippen molar-refractivity contribution in [2.45, 2.75) is 12.3 Å². The van der Waals surface area contributed by atoms with Crippen LogP contribution in [0.3, 0.4) is 0 Å². The molecule has 1 N–H and O–H groups in total. The van der Waals surface area contributed by atoms with E-state index in [9.17, 15) is 13.6 Å². The molecule has 0 spiro atoms. The van der Waals surface area contributed by atoms with Crippen LogP contribution in [-0.2, 0) is 39.8 Å². The molecule has 0 aliphatic heterocycles. The first-order valence-corrected chi connectivity index (χ1v) is 3.48. The standard InChI is InChI=1S/C6H9F2O2S.Nb/c1-6(7,8)2-4(3-11)5(9)10;/h4,11H,1-3H2,(H,9,10);/q-1;+2/p-1. The van der Waals surface area contributed by atoms with Gasteiger partial charge in [-0.05, 0) is 6.42 Å². The van der Waals surface area contributed by atoms with Crippen LogP contribution in [0.15, 0.2) is 0 Å². The third-order valence-electron chi connectivity index (χ3n) is 1.10. The molecular weight excluding hydrogens is 267 g/mol. The Bertz CT molecular complexity index is 149. The Hall–Kier alpha value is 0.420. The molecule has 0 bridgehead atoms. The van der Waals surface area contributed by atoms with Crippen molar-refractivity contribution in [1.82, 2.24) is 0 Å². The molecule has 1 radical (unpaired) electrons. The first-order valence-electron chi connectivity index (χ1n) is 2.91. The quantitative estimate of drug-likeness (QED) is 0.474. The number of carboxylic acid groups (broad SMARTS) is 1. The van der Waals surface area contributed by atoms with Crippen LogP contribution in [0.4, 0.5) is 8.78 Å². The van der Waals surface area contributed by atoms with Gasteiger partial charge in [-0.25, -0.2) is 8.78 Å². The van der Waals surface area contributed by atoms with Gasteiger partial charge in [-0.2, -0.15) is 5.75 Å². The summed E-state index contributed by atoms with van der Waals surface area (Å²) in [5.74, 6) is -5.86. The molecule has 1 atom stereocenters. The van der Waals surface area contributed by atoms with E-state index in [-0.39, 0.29) is 28.1 Å². The number of carboxylic acids is 1. The van der Waals surface area contributed by atoms with Gasteiger partial charge in [0.1, 0.15) is 5.92 Å². The topological polar surface area (TPSA) is 37.3 Å². The van der Waals surface area contributed by atoms with Crippen molar-refractivity contribution in [2.24, 2.45) is 5.92 Å². The molecule has 0 saturated heterocycles. The van der Waals surface area contributed by atoms with E-state index in [0.29, 0.717) is 0 Å². The van der Waals surface area contributed by atoms with Crippen LogP contribution in [0, 0.1) is 12.8 Å². The van der Waals surface area contributed by atoms with Crippen molar-refractivity contribution in [3.63, 3.8) is 0 Å². The molecule has 69 valence electrons. The average Bonchev–Trinajstić information content (AvgIpc) is 1.80. The number of aliphatic carboxylic acids is 1. The summed E-state index contributed by atoms with van der Waals surface area (Å²) < 4.78 is 24.2. The number of halogens is 2. The van der Waals surface area contributed by atoms with Gasteiger partial charge in [0.25, 0.3) is 0 Å². The summed E-state index contributed by atoms with van der Waals surface area (Å²) in [6, 6.07) is 0. The van der Waals surface area contributed by atoms with Gasteiger partial charge in [0.2, 0.25) is 0 Å². The predicted molar refractivity (Wildman–Crippen MR) is 38.3 cm³/mol. The maximum absolute atomic E-state index is 12.1. The fraction of sp³-hybridized carbons (Fsp3) is 0.667. The summed E-state index contributed by atoms with van der Waals surface area (Å²) >= 11 is 4.38. The molecule has 0 aromatic carbocycles. The largest absolute Gasteiger partial charge is 2.00 e. The Balaban J connectivity index is 0. The van der Waals surface area contributed by atoms with Crippen LogP contribution in [0.1, 0.15) is 6.42 Å². The second-order valence-electron chi connectivity index (χ2n) is 2.26. The Morgan fingerprint density at radius 2 is 2.08 bits per heavy atom. The molecule has 0 saturated carbocycles. The van der Waals surface area contributed by atoms with Gasteiger partial charge in [0, 0.05) is 5.92 Å². The number of hydrogen-bond acceptors (Lipinski definition) is 2. The van der Waals surface area contributed by atoms with Crippen molar-refractivity contribution in [3.8, 4) is 0 Å². The molecule has 0 aromatic heterocycles. The minimum atomic E-state index is -3.19. The minimum Gasteiger partial charge on any atom is -0.792 e. The second-order valence-corrected chi connectivity index (χ2v) is 2.60. The third kappa shape index (κ3) is 7.09. The first-order chi connectivity index (χ1) is 4.87. The van der Waals surface area contributed by atoms with E-state index in [2.05, 4.69) is 19.6 Å². The Morgan fingerprint density at radius 3 is 2.17 bits per heavy atom. The molecule has 0 rings (SSSR count). The monoisotopic (exact) mass is 275 g/mol. The molecule has 12 heavy (non-hydrogen) atoms. The SMILES string of the molecule is [CH2-]C(F)(F)CC(C[S-])C(=O)O.[Nb+2]. The van der Waals surface area contributed by atoms with Crippen molar-refractivity contribution >= 4 is 18.6 Å². The van der Waals surface area contributed by atoms with Crippen LogP contribution in [0.5, 0.6) is 0 Å². The summed E-state index contributed by atoms with van der Waals surface area (Å²) in [5, 5.41) is 8.31. The number of carbonyl (C=O) groups is 1. The zero-order chi connectivity index (χ0) is 9.07. The van der Waals surface area contributed by atoms with Gasteiger partial charge < -0.3 is 17.7 Å². The van der Waals surface area contributed by atoms with Gasteiger partial charge in [0.05, 0.1) is 0 Å². The molecule has 2 nitrogen and oxygen atoms in total. The molecular formula is C6H8F2NbO2S. The summed E-state index contributed by atoms with van der Waals surface area (Å²) in [6.45, 7) is 2.50. The predicted octanol–water partition coefficient (Wildman–Crippen LogP) is 1.09. The van der Waals surface area contributed by atoms with Crippen LogP contribution in [0.25, 0.3) is 0 Å². The van der Waals surface area contributed by atoms with Gasteiger partial charge in [-0.3, -0.25) is 11.7 Å². The molecule has 6 heteroatoms. The van der Waals surface area contributed by atoms with E-state index in [0.717, 1.165) is 0 Å². The maximum atomic E-state index is 12.1. The Morgan fingerprint density at radius 1 is 1.67 bits per heavy atom. The van der Waals surface area contributed by atoms with Crippen LogP contribution in [-0.4, -0.2) is 22.8 Å². The van der Waals surface area contributed by atoms with E-state index < -0.39 is 24.2 Å². The number of alkyl halides is 2. The number of hydrogen-bond donors (Lipinski definition) is 1. The average molecular weight is 275 g/mol. The second kappa shape index (κ2) is 5.96. The third-order valence-corrected chi connectivity index (χ3v) is 1.50. The fourth-order valence-electron chi connectivity index (χ4n) is 0.578. The van der Waals surface area contributed by atoms with Crippen LogP contribution >= 0.6 is 0 Å². The number of rotatable bonds is 4. The van der Waals surface area contributed by atoms with E-state index in [1.165, 1.54) is 0 Å². The molecule has 0 aliphatic rings. The van der Waals surface area contributed by atoms with E-state index in [1.807, 2.05) is 0 Å². The zero-order valence-electron chi connectivity index (χ0n) is 6.17. The molecule has 0 aliphatic carbocycles. The molecule has 0 heterocycles. The smallest absolute Gasteiger partial charge is 0.792 e. The van der Waals surface area contributed by atoms with E-state index in [4.69, 9.17) is 5.11 Å². The van der Waals surface area contributed by atoms with Gasteiger partial charge in [-0.15, -0.1) is 0 Å². The Labute approximate surface area is 90.6 Å². The van der Waals surface area contributed by atoms with Gasteiger partial charge in [0.15, 0.2) is 0 Å². The van der Waals surface area contributed by atoms with Gasteiger partial charge >= 0.3 is 28.3 Å². The zero-order valence-corrected chi connectivity index (χ0v) is 9.18. The summed E-state index contributed by atoms with van der Waals surface area (Å²) in [6.07, 6.45) is -0.786. The minimum absolute atomic E-state index is 0. The molecule has 0 fully saturated rings. The fourth-order valence-corrected chi connectivity index (χ4v) is 0.838.